The summed E-state index contributed by atoms with van der Waals surface area (Å²) in [5.74, 6) is -0.822. The molecular weight excluding hydrogens is 283 g/mol. The summed E-state index contributed by atoms with van der Waals surface area (Å²) >= 11 is 0. The molecule has 1 aromatic heterocycles. The lowest BCUT2D eigenvalue weighted by Crippen LogP contribution is -2.08. The second-order valence-electron chi connectivity index (χ2n) is 4.62. The SMILES string of the molecule is CCOC(=O)/C(=C\Nc1ccnc(C)c1)c1ccc(F)cc1. The lowest BCUT2D eigenvalue weighted by atomic mass is 10.1. The van der Waals surface area contributed by atoms with E-state index in [0.29, 0.717) is 11.1 Å². The standard InChI is InChI=1S/C17H17FN2O2/c1-3-22-17(21)16(13-4-6-14(18)7-5-13)11-20-15-8-9-19-12(2)10-15/h4-11H,3H2,1-2H3,(H,19,20)/b16-11-. The zero-order valence-electron chi connectivity index (χ0n) is 12.5. The highest BCUT2D eigenvalue weighted by molar-refractivity contribution is 6.16. The number of rotatable bonds is 5. The maximum absolute atomic E-state index is 13.0. The molecule has 5 heteroatoms. The van der Waals surface area contributed by atoms with E-state index in [1.54, 1.807) is 25.4 Å². The van der Waals surface area contributed by atoms with Crippen molar-refractivity contribution in [3.05, 3.63) is 65.9 Å². The topological polar surface area (TPSA) is 51.2 Å². The molecule has 0 amide bonds. The molecule has 1 heterocycles. The van der Waals surface area contributed by atoms with Crippen LogP contribution in [0, 0.1) is 12.7 Å². The minimum atomic E-state index is -0.465. The predicted octanol–water partition coefficient (Wildman–Crippen LogP) is 3.55. The van der Waals surface area contributed by atoms with Gasteiger partial charge in [0.05, 0.1) is 12.2 Å². The highest BCUT2D eigenvalue weighted by Crippen LogP contribution is 2.18. The zero-order chi connectivity index (χ0) is 15.9. The van der Waals surface area contributed by atoms with E-state index < -0.39 is 5.97 Å². The minimum Gasteiger partial charge on any atom is -0.462 e. The molecule has 0 atom stereocenters. The van der Waals surface area contributed by atoms with E-state index in [1.807, 2.05) is 13.0 Å². The Morgan fingerprint density at radius 1 is 1.32 bits per heavy atom. The van der Waals surface area contributed by atoms with Crippen molar-refractivity contribution in [1.82, 2.24) is 4.98 Å². The molecule has 0 unspecified atom stereocenters. The molecule has 0 spiro atoms. The highest BCUT2D eigenvalue weighted by atomic mass is 19.1. The van der Waals surface area contributed by atoms with Crippen LogP contribution in [0.3, 0.4) is 0 Å². The number of hydrogen-bond donors (Lipinski definition) is 1. The van der Waals surface area contributed by atoms with Crippen LogP contribution in [-0.4, -0.2) is 17.6 Å². The van der Waals surface area contributed by atoms with Crippen LogP contribution in [0.2, 0.25) is 0 Å². The van der Waals surface area contributed by atoms with Crippen LogP contribution >= 0.6 is 0 Å². The normalized spacial score (nSPS) is 11.1. The van der Waals surface area contributed by atoms with Gasteiger partial charge in [-0.15, -0.1) is 0 Å². The predicted molar refractivity (Wildman–Crippen MR) is 83.6 cm³/mol. The van der Waals surface area contributed by atoms with Gasteiger partial charge in [-0.25, -0.2) is 9.18 Å². The minimum absolute atomic E-state index is 0.270. The number of ether oxygens (including phenoxy) is 1. The molecule has 114 valence electrons. The summed E-state index contributed by atoms with van der Waals surface area (Å²) in [5, 5.41) is 3.04. The first-order valence-electron chi connectivity index (χ1n) is 6.92. The number of hydrogen-bond acceptors (Lipinski definition) is 4. The lowest BCUT2D eigenvalue weighted by molar-refractivity contribution is -0.136. The summed E-state index contributed by atoms with van der Waals surface area (Å²) in [6, 6.07) is 9.33. The maximum atomic E-state index is 13.0. The van der Waals surface area contributed by atoms with Gasteiger partial charge in [0.25, 0.3) is 0 Å². The summed E-state index contributed by atoms with van der Waals surface area (Å²) in [4.78, 5) is 16.2. The number of esters is 1. The molecule has 1 N–H and O–H groups in total. The zero-order valence-corrected chi connectivity index (χ0v) is 12.5. The molecular formula is C17H17FN2O2. The first-order chi connectivity index (χ1) is 10.6. The molecule has 0 aliphatic rings. The Balaban J connectivity index is 2.29. The van der Waals surface area contributed by atoms with Gasteiger partial charge >= 0.3 is 5.97 Å². The van der Waals surface area contributed by atoms with Crippen LogP contribution in [0.4, 0.5) is 10.1 Å². The van der Waals surface area contributed by atoms with Crippen molar-refractivity contribution in [2.75, 3.05) is 11.9 Å². The second kappa shape index (κ2) is 7.36. The Labute approximate surface area is 128 Å². The van der Waals surface area contributed by atoms with Crippen LogP contribution in [0.25, 0.3) is 5.57 Å². The number of carbonyl (C=O) groups is 1. The van der Waals surface area contributed by atoms with Crippen molar-refractivity contribution < 1.29 is 13.9 Å². The van der Waals surface area contributed by atoms with Crippen molar-refractivity contribution in [2.45, 2.75) is 13.8 Å². The van der Waals surface area contributed by atoms with Gasteiger partial charge in [0.1, 0.15) is 5.82 Å². The molecule has 0 radical (unpaired) electrons. The fourth-order valence-electron chi connectivity index (χ4n) is 1.89. The molecule has 2 rings (SSSR count). The van der Waals surface area contributed by atoms with Gasteiger partial charge in [0, 0.05) is 23.8 Å². The molecule has 0 saturated carbocycles. The lowest BCUT2D eigenvalue weighted by Gasteiger charge is -2.09. The summed E-state index contributed by atoms with van der Waals surface area (Å²) < 4.78 is 18.1. The molecule has 0 bridgehead atoms. The summed E-state index contributed by atoms with van der Waals surface area (Å²) in [5.41, 5.74) is 2.57. The summed E-state index contributed by atoms with van der Waals surface area (Å²) in [6.07, 6.45) is 3.23. The van der Waals surface area contributed by atoms with Gasteiger partial charge in [0.15, 0.2) is 0 Å². The molecule has 4 nitrogen and oxygen atoms in total. The van der Waals surface area contributed by atoms with E-state index in [2.05, 4.69) is 10.3 Å². The van der Waals surface area contributed by atoms with Gasteiger partial charge < -0.3 is 10.1 Å². The number of nitrogens with one attached hydrogen (secondary N) is 1. The average Bonchev–Trinajstić information content (AvgIpc) is 2.49. The van der Waals surface area contributed by atoms with Crippen LogP contribution in [-0.2, 0) is 9.53 Å². The summed E-state index contributed by atoms with van der Waals surface area (Å²) in [7, 11) is 0. The monoisotopic (exact) mass is 300 g/mol. The number of anilines is 1. The van der Waals surface area contributed by atoms with Crippen molar-refractivity contribution in [2.24, 2.45) is 0 Å². The first-order valence-corrected chi connectivity index (χ1v) is 6.92. The fourth-order valence-corrected chi connectivity index (χ4v) is 1.89. The molecule has 0 aliphatic heterocycles. The van der Waals surface area contributed by atoms with Gasteiger partial charge in [-0.3, -0.25) is 4.98 Å². The average molecular weight is 300 g/mol. The third-order valence-electron chi connectivity index (χ3n) is 2.93. The van der Waals surface area contributed by atoms with E-state index in [-0.39, 0.29) is 12.4 Å². The number of halogens is 1. The smallest absolute Gasteiger partial charge is 0.340 e. The number of nitrogens with zero attached hydrogens (tertiary/aromatic N) is 1. The molecule has 1 aromatic carbocycles. The van der Waals surface area contributed by atoms with E-state index in [0.717, 1.165) is 11.4 Å². The van der Waals surface area contributed by atoms with Crippen LogP contribution in [0.5, 0.6) is 0 Å². The van der Waals surface area contributed by atoms with Gasteiger partial charge in [-0.05, 0) is 43.7 Å². The molecule has 2 aromatic rings. The molecule has 0 saturated heterocycles. The Morgan fingerprint density at radius 2 is 2.05 bits per heavy atom. The third kappa shape index (κ3) is 4.15. The quantitative estimate of drug-likeness (QED) is 0.678. The number of pyridine rings is 1. The van der Waals surface area contributed by atoms with Crippen molar-refractivity contribution in [1.29, 1.82) is 0 Å². The molecule has 0 aliphatic carbocycles. The Morgan fingerprint density at radius 3 is 2.68 bits per heavy atom. The van der Waals surface area contributed by atoms with Crippen molar-refractivity contribution in [3.8, 4) is 0 Å². The van der Waals surface area contributed by atoms with Gasteiger partial charge in [-0.2, -0.15) is 0 Å². The maximum Gasteiger partial charge on any atom is 0.340 e. The van der Waals surface area contributed by atoms with Crippen molar-refractivity contribution >= 4 is 17.2 Å². The van der Waals surface area contributed by atoms with E-state index in [1.165, 1.54) is 24.3 Å². The number of aromatic nitrogens is 1. The van der Waals surface area contributed by atoms with E-state index in [9.17, 15) is 9.18 Å². The van der Waals surface area contributed by atoms with Crippen LogP contribution in [0.15, 0.2) is 48.8 Å². The van der Waals surface area contributed by atoms with Crippen molar-refractivity contribution in [3.63, 3.8) is 0 Å². The highest BCUT2D eigenvalue weighted by Gasteiger charge is 2.13. The molecule has 0 fully saturated rings. The summed E-state index contributed by atoms with van der Waals surface area (Å²) in [6.45, 7) is 3.88. The van der Waals surface area contributed by atoms with E-state index >= 15 is 0 Å². The fraction of sp³-hybridized carbons (Fsp3) is 0.176. The number of benzene rings is 1. The van der Waals surface area contributed by atoms with Crippen LogP contribution in [0.1, 0.15) is 18.2 Å². The third-order valence-corrected chi connectivity index (χ3v) is 2.93. The first kappa shape index (κ1) is 15.7. The molecule has 22 heavy (non-hydrogen) atoms. The van der Waals surface area contributed by atoms with Crippen LogP contribution < -0.4 is 5.32 Å². The Kier molecular flexibility index (Phi) is 5.25. The Bertz CT molecular complexity index is 681. The van der Waals surface area contributed by atoms with Gasteiger partial charge in [-0.1, -0.05) is 12.1 Å². The van der Waals surface area contributed by atoms with E-state index in [4.69, 9.17) is 4.74 Å². The largest absolute Gasteiger partial charge is 0.462 e. The number of carbonyl (C=O) groups excluding carboxylic acids is 1. The number of aryl methyl sites for hydroxylation is 1. The Hall–Kier alpha value is -2.69. The second-order valence-corrected chi connectivity index (χ2v) is 4.62. The van der Waals surface area contributed by atoms with Gasteiger partial charge in [0.2, 0.25) is 0 Å².